The van der Waals surface area contributed by atoms with Crippen molar-refractivity contribution in [2.24, 2.45) is 0 Å². The number of benzene rings is 2. The monoisotopic (exact) mass is 870 g/mol. The third-order valence-corrected chi connectivity index (χ3v) is 7.54. The molecular weight excluding hydrogens is 837 g/mol. The Bertz CT molecular complexity index is 3780. The molecule has 0 aliphatic rings. The zero-order chi connectivity index (χ0) is 49.7. The Morgan fingerprint density at radius 3 is 0.926 bits per heavy atom. The molecule has 6 heteroatoms. The Morgan fingerprint density at radius 2 is 0.676 bits per heavy atom. The van der Waals surface area contributed by atoms with E-state index < -0.39 is 29.2 Å². The molecule has 0 saturated carbocycles. The molecule has 68 heavy (non-hydrogen) atoms. The van der Waals surface area contributed by atoms with E-state index in [4.69, 9.17) is 9.47 Å². The molecule has 6 nitrogen and oxygen atoms in total. The number of nitrogens with one attached hydrogen (secondary N) is 2. The smallest absolute Gasteiger partial charge is 0.369 e. The lowest BCUT2D eigenvalue weighted by molar-refractivity contribution is 0.0849. The minimum absolute atomic E-state index is 0.619. The predicted molar refractivity (Wildman–Crippen MR) is 256 cm³/mol. The third kappa shape index (κ3) is 23.6. The van der Waals surface area contributed by atoms with Crippen molar-refractivity contribution in [3.63, 3.8) is 0 Å². The number of alkyl carbamates (subject to hydrolysis) is 2. The second kappa shape index (κ2) is 30.7. The maximum absolute atomic E-state index is 13.1. The van der Waals surface area contributed by atoms with E-state index in [1.807, 2.05) is 62.4 Å². The minimum Gasteiger partial charge on any atom is -0.369 e. The highest BCUT2D eigenvalue weighted by Gasteiger charge is 2.28. The lowest BCUT2D eigenvalue weighted by Gasteiger charge is -2.28. The second-order valence-electron chi connectivity index (χ2n) is 13.6. The van der Waals surface area contributed by atoms with E-state index >= 15 is 0 Å². The Morgan fingerprint density at radius 1 is 0.426 bits per heavy atom. The molecule has 0 aromatic heterocycles. The molecule has 2 aromatic carbocycles. The number of carbonyl (C=O) groups is 2. The van der Waals surface area contributed by atoms with Gasteiger partial charge in [-0.05, 0) is 174 Å². The number of hydrogen-bond acceptors (Lipinski definition) is 4. The highest BCUT2D eigenvalue weighted by atomic mass is 16.7. The standard InChI is InChI=1S/C62H34N2O4/c1-10-11-12-13-14-15-16-17-18-19-20-21-22-23-24-25-26-27-28-29-30-31-32-33-34-35-36-37-38-39-40-41-42-49-58(67-59(65)63-61(6,7)56-47-43-45-54(50-56)52(2)3)68-60(66)64-62(8,9)57-48-44-46-55(51-57)53(4)5/h43-48,50-51H,1-2,4H2,3,5-9H3,(H,63,65)(H,64,66). The third-order valence-electron chi connectivity index (χ3n) is 7.54. The molecule has 2 N–H and O–H groups in total. The van der Waals surface area contributed by atoms with Gasteiger partial charge in [-0.25, -0.2) is 9.59 Å². The number of rotatable bonds is 8. The van der Waals surface area contributed by atoms with Gasteiger partial charge in [0.15, 0.2) is 0 Å². The van der Waals surface area contributed by atoms with Crippen LogP contribution in [0.25, 0.3) is 11.1 Å². The van der Waals surface area contributed by atoms with Crippen LogP contribution in [0.2, 0.25) is 0 Å². The van der Waals surface area contributed by atoms with E-state index in [1.165, 1.54) is 0 Å². The van der Waals surface area contributed by atoms with Crippen molar-refractivity contribution >= 4 is 23.3 Å². The van der Waals surface area contributed by atoms with Crippen molar-refractivity contribution in [2.75, 3.05) is 0 Å². The first kappa shape index (κ1) is 52.9. The maximum atomic E-state index is 13.1. The topological polar surface area (TPSA) is 76.7 Å². The average molecular weight is 871 g/mol. The van der Waals surface area contributed by atoms with Crippen molar-refractivity contribution in [1.82, 2.24) is 10.6 Å². The molecule has 0 unspecified atom stereocenters. The molecule has 2 aromatic rings. The van der Waals surface area contributed by atoms with Crippen molar-refractivity contribution in [2.45, 2.75) is 52.6 Å². The van der Waals surface area contributed by atoms with Crippen molar-refractivity contribution in [3.05, 3.63) is 291 Å². The second-order valence-corrected chi connectivity index (χ2v) is 13.6. The quantitative estimate of drug-likeness (QED) is 0.205. The summed E-state index contributed by atoms with van der Waals surface area (Å²) < 4.78 is 10.8. The molecule has 0 fully saturated rings. The van der Waals surface area contributed by atoms with Crippen LogP contribution in [0.1, 0.15) is 63.8 Å². The molecule has 0 radical (unpaired) electrons. The Hall–Kier alpha value is -11.3. The number of hydrogen-bond donors (Lipinski definition) is 2. The fourth-order valence-corrected chi connectivity index (χ4v) is 4.36. The van der Waals surface area contributed by atoms with Crippen LogP contribution in [0.3, 0.4) is 0 Å². The summed E-state index contributed by atoms with van der Waals surface area (Å²) in [5.41, 5.74) is 88.0. The van der Waals surface area contributed by atoms with Gasteiger partial charge in [0.1, 0.15) is 0 Å². The van der Waals surface area contributed by atoms with Gasteiger partial charge in [-0.1, -0.05) is 66.4 Å². The molecular formula is C62H34N2O4. The molecule has 0 aliphatic carbocycles. The summed E-state index contributed by atoms with van der Waals surface area (Å²) in [7, 11) is 0. The zero-order valence-corrected chi connectivity index (χ0v) is 37.9. The summed E-state index contributed by atoms with van der Waals surface area (Å²) in [5, 5.41) is 5.56. The summed E-state index contributed by atoms with van der Waals surface area (Å²) in [6.07, 6.45) is -1.85. The van der Waals surface area contributed by atoms with Crippen molar-refractivity contribution in [1.29, 1.82) is 0 Å². The van der Waals surface area contributed by atoms with Gasteiger partial charge in [-0.2, -0.15) is 0 Å². The van der Waals surface area contributed by atoms with Gasteiger partial charge < -0.3 is 20.1 Å². The molecule has 2 rings (SSSR count). The van der Waals surface area contributed by atoms with E-state index in [1.54, 1.807) is 27.7 Å². The van der Waals surface area contributed by atoms with Crippen LogP contribution in [0.5, 0.6) is 0 Å². The predicted octanol–water partition coefficient (Wildman–Crippen LogP) is 12.1. The normalized spacial score (nSPS) is 7.62. The number of allylic oxidation sites excluding steroid dienone is 2. The van der Waals surface area contributed by atoms with Crippen LogP contribution in [0.15, 0.2) is 269 Å². The summed E-state index contributed by atoms with van der Waals surface area (Å²) in [4.78, 5) is 26.3. The highest BCUT2D eigenvalue weighted by Crippen LogP contribution is 2.25. The summed E-state index contributed by atoms with van der Waals surface area (Å²) >= 11 is 0. The van der Waals surface area contributed by atoms with Gasteiger partial charge in [-0.15, -0.1) is 0 Å². The van der Waals surface area contributed by atoms with Crippen molar-refractivity contribution in [3.8, 4) is 0 Å². The van der Waals surface area contributed by atoms with E-state index in [9.17, 15) is 9.59 Å². The first-order chi connectivity index (χ1) is 32.7. The fourth-order valence-electron chi connectivity index (χ4n) is 4.36. The molecule has 0 aliphatic heterocycles. The van der Waals surface area contributed by atoms with Crippen LogP contribution in [-0.4, -0.2) is 12.2 Å². The van der Waals surface area contributed by atoms with Crippen LogP contribution >= 0.6 is 0 Å². The summed E-state index contributed by atoms with van der Waals surface area (Å²) in [6, 6.07) is 15.1. The zero-order valence-electron chi connectivity index (χ0n) is 37.9. The fraction of sp³-hybridized carbons (Fsp3) is 0.129. The van der Waals surface area contributed by atoms with Crippen LogP contribution in [0, 0.1) is 0 Å². The minimum atomic E-state index is -0.926. The van der Waals surface area contributed by atoms with Gasteiger partial charge in [0.25, 0.3) is 0 Å². The van der Waals surface area contributed by atoms with Gasteiger partial charge in [-0.3, -0.25) is 0 Å². The van der Waals surface area contributed by atoms with Crippen LogP contribution in [0.4, 0.5) is 9.59 Å². The highest BCUT2D eigenvalue weighted by molar-refractivity contribution is 5.73. The van der Waals surface area contributed by atoms with Gasteiger partial charge in [0.05, 0.1) is 11.1 Å². The first-order valence-electron chi connectivity index (χ1n) is 19.4. The van der Waals surface area contributed by atoms with Crippen LogP contribution < -0.4 is 10.6 Å². The molecule has 2 amide bonds. The molecule has 316 valence electrons. The maximum Gasteiger partial charge on any atom is 0.416 e. The number of amides is 2. The molecule has 0 spiro atoms. The van der Waals surface area contributed by atoms with E-state index in [0.717, 1.165) is 33.4 Å². The van der Waals surface area contributed by atoms with E-state index in [0.29, 0.717) is 0 Å². The SMILES string of the molecule is C=C=C=C=C=C=C=C=C=C=C=C=C=C=C=C=C=C=C=C=C=C=C=C=C=C=C=C=C=C=C=C=C=C=C=C(OC(=O)NC(C)(C)c1cccc(C(=C)C)c1)OC(=O)NC(C)(C)c1cccc(C(=C)C)c1. The van der Waals surface area contributed by atoms with Gasteiger partial charge >= 0.3 is 18.1 Å². The van der Waals surface area contributed by atoms with Crippen molar-refractivity contribution < 1.29 is 19.1 Å². The lowest BCUT2D eigenvalue weighted by Crippen LogP contribution is -2.43. The van der Waals surface area contributed by atoms with E-state index in [2.05, 4.69) is 225 Å². The van der Waals surface area contributed by atoms with E-state index in [-0.39, 0.29) is 0 Å². The number of ether oxygens (including phenoxy) is 2. The molecule has 0 heterocycles. The lowest BCUT2D eigenvalue weighted by atomic mass is 9.92. The van der Waals surface area contributed by atoms with Crippen LogP contribution in [-0.2, 0) is 20.6 Å². The Labute approximate surface area is 395 Å². The Kier molecular flexibility index (Phi) is 23.9. The first-order valence-corrected chi connectivity index (χ1v) is 19.4. The molecule has 0 saturated heterocycles. The average Bonchev–Trinajstić information content (AvgIpc) is 3.30. The van der Waals surface area contributed by atoms with Gasteiger partial charge in [0, 0.05) is 97.4 Å². The largest absolute Gasteiger partial charge is 0.416 e. The summed E-state index contributed by atoms with van der Waals surface area (Å²) in [6.45, 7) is 22.2. The van der Waals surface area contributed by atoms with Gasteiger partial charge in [0.2, 0.25) is 0 Å². The Balaban J connectivity index is 2.46. The number of carbonyl (C=O) groups excluding carboxylic acids is 2. The summed E-state index contributed by atoms with van der Waals surface area (Å²) in [5.74, 6) is -0.619. The molecule has 0 atom stereocenters. The molecule has 0 bridgehead atoms.